The lowest BCUT2D eigenvalue weighted by Gasteiger charge is -2.23. The molecule has 0 aliphatic rings. The Hall–Kier alpha value is -4.65. The lowest BCUT2D eigenvalue weighted by molar-refractivity contribution is 0.00713. The molecule has 0 saturated heterocycles. The van der Waals surface area contributed by atoms with Crippen molar-refractivity contribution in [1.29, 1.82) is 0 Å². The second kappa shape index (κ2) is 9.92. The average Bonchev–Trinajstić information content (AvgIpc) is 2.83. The van der Waals surface area contributed by atoms with E-state index in [0.717, 1.165) is 0 Å². The fraction of sp³-hybridized carbons (Fsp3) is 0.138. The third-order valence-electron chi connectivity index (χ3n) is 5.27. The van der Waals surface area contributed by atoms with Gasteiger partial charge in [0.2, 0.25) is 0 Å². The van der Waals surface area contributed by atoms with Crippen LogP contribution in [0.4, 0.5) is 11.5 Å². The van der Waals surface area contributed by atoms with Crippen LogP contribution in [0.15, 0.2) is 84.9 Å². The van der Waals surface area contributed by atoms with Gasteiger partial charge in [-0.1, -0.05) is 42.5 Å². The Morgan fingerprint density at radius 2 is 1.58 bits per heavy atom. The molecule has 7 nitrogen and oxygen atoms in total. The maximum atomic E-state index is 13.5. The van der Waals surface area contributed by atoms with Gasteiger partial charge in [0.05, 0.1) is 5.69 Å². The normalized spacial score (nSPS) is 11.1. The Kier molecular flexibility index (Phi) is 6.74. The van der Waals surface area contributed by atoms with Crippen LogP contribution >= 0.6 is 0 Å². The van der Waals surface area contributed by atoms with Gasteiger partial charge in [0.1, 0.15) is 22.7 Å². The minimum atomic E-state index is -0.791. The number of phenols is 1. The number of carbonyl (C=O) groups is 2. The molecule has 0 spiro atoms. The molecule has 182 valence electrons. The maximum Gasteiger partial charge on any atom is 0.343 e. The molecular formula is C29H27N3O4. The van der Waals surface area contributed by atoms with Gasteiger partial charge in [-0.15, -0.1) is 0 Å². The Bertz CT molecular complexity index is 1430. The van der Waals surface area contributed by atoms with E-state index >= 15 is 0 Å². The number of hydrogen-bond acceptors (Lipinski definition) is 6. The molecule has 0 atom stereocenters. The lowest BCUT2D eigenvalue weighted by atomic mass is 9.96. The number of carbonyl (C=O) groups excluding carboxylic acids is 2. The largest absolute Gasteiger partial charge is 0.507 e. The summed E-state index contributed by atoms with van der Waals surface area (Å²) in [4.78, 5) is 31.2. The van der Waals surface area contributed by atoms with Crippen molar-refractivity contribution in [2.24, 2.45) is 0 Å². The van der Waals surface area contributed by atoms with Crippen molar-refractivity contribution in [3.05, 3.63) is 96.1 Å². The SMILES string of the molecule is CC(C)(C)OC(=O)c1c(-c2cccc(N)c2)cc(-c2ccccc2O)nc1NC(=O)c1ccccc1. The molecule has 0 aliphatic carbocycles. The highest BCUT2D eigenvalue weighted by Gasteiger charge is 2.28. The maximum absolute atomic E-state index is 13.5. The molecule has 1 heterocycles. The van der Waals surface area contributed by atoms with Gasteiger partial charge in [-0.25, -0.2) is 9.78 Å². The molecule has 1 aromatic heterocycles. The molecular weight excluding hydrogens is 454 g/mol. The number of nitrogens with zero attached hydrogens (tertiary/aromatic N) is 1. The van der Waals surface area contributed by atoms with Crippen LogP contribution in [0.1, 0.15) is 41.5 Å². The first-order valence-electron chi connectivity index (χ1n) is 11.4. The van der Waals surface area contributed by atoms with E-state index in [2.05, 4.69) is 10.3 Å². The topological polar surface area (TPSA) is 115 Å². The minimum Gasteiger partial charge on any atom is -0.507 e. The van der Waals surface area contributed by atoms with Gasteiger partial charge in [-0.05, 0) is 68.8 Å². The van der Waals surface area contributed by atoms with E-state index in [4.69, 9.17) is 10.5 Å². The predicted octanol–water partition coefficient (Wildman–Crippen LogP) is 5.91. The van der Waals surface area contributed by atoms with Crippen LogP contribution in [0, 0.1) is 0 Å². The van der Waals surface area contributed by atoms with Crippen LogP contribution in [0.5, 0.6) is 5.75 Å². The highest BCUT2D eigenvalue weighted by molar-refractivity contribution is 6.10. The summed E-state index contributed by atoms with van der Waals surface area (Å²) in [6.45, 7) is 5.28. The van der Waals surface area contributed by atoms with E-state index < -0.39 is 17.5 Å². The highest BCUT2D eigenvalue weighted by atomic mass is 16.6. The van der Waals surface area contributed by atoms with Crippen molar-refractivity contribution in [3.8, 4) is 28.1 Å². The molecule has 3 aromatic carbocycles. The number of amides is 1. The van der Waals surface area contributed by atoms with Gasteiger partial charge in [-0.2, -0.15) is 0 Å². The van der Waals surface area contributed by atoms with E-state index in [1.807, 2.05) is 0 Å². The third-order valence-corrected chi connectivity index (χ3v) is 5.27. The number of nitrogens with one attached hydrogen (secondary N) is 1. The average molecular weight is 482 g/mol. The monoisotopic (exact) mass is 481 g/mol. The van der Waals surface area contributed by atoms with Crippen LogP contribution in [0.25, 0.3) is 22.4 Å². The van der Waals surface area contributed by atoms with Crippen molar-refractivity contribution in [2.75, 3.05) is 11.1 Å². The Balaban J connectivity index is 1.98. The number of para-hydroxylation sites is 1. The molecule has 7 heteroatoms. The number of phenolic OH excluding ortho intramolecular Hbond substituents is 1. The van der Waals surface area contributed by atoms with Gasteiger partial charge >= 0.3 is 5.97 Å². The molecule has 0 radical (unpaired) electrons. The zero-order valence-electron chi connectivity index (χ0n) is 20.3. The molecule has 4 rings (SSSR count). The zero-order chi connectivity index (χ0) is 25.9. The first-order chi connectivity index (χ1) is 17.1. The molecule has 4 N–H and O–H groups in total. The minimum absolute atomic E-state index is 0.00822. The number of esters is 1. The zero-order valence-corrected chi connectivity index (χ0v) is 20.3. The van der Waals surface area contributed by atoms with Gasteiger partial charge in [0.25, 0.3) is 5.91 Å². The van der Waals surface area contributed by atoms with Crippen LogP contribution in [-0.4, -0.2) is 27.6 Å². The number of rotatable bonds is 5. The number of nitrogen functional groups attached to an aromatic ring is 1. The predicted molar refractivity (Wildman–Crippen MR) is 141 cm³/mol. The van der Waals surface area contributed by atoms with E-state index in [1.54, 1.807) is 106 Å². The van der Waals surface area contributed by atoms with Crippen LogP contribution < -0.4 is 11.1 Å². The fourth-order valence-electron chi connectivity index (χ4n) is 3.70. The third kappa shape index (κ3) is 5.52. The Morgan fingerprint density at radius 1 is 0.889 bits per heavy atom. The van der Waals surface area contributed by atoms with Gasteiger partial charge < -0.3 is 20.9 Å². The van der Waals surface area contributed by atoms with Crippen molar-refractivity contribution in [1.82, 2.24) is 4.98 Å². The number of ether oxygens (including phenoxy) is 1. The molecule has 4 aromatic rings. The molecule has 0 aliphatic heterocycles. The van der Waals surface area contributed by atoms with Gasteiger partial charge in [0, 0.05) is 22.4 Å². The number of benzene rings is 3. The second-order valence-electron chi connectivity index (χ2n) is 9.24. The van der Waals surface area contributed by atoms with Crippen molar-refractivity contribution in [3.63, 3.8) is 0 Å². The van der Waals surface area contributed by atoms with Crippen molar-refractivity contribution < 1.29 is 19.4 Å². The van der Waals surface area contributed by atoms with Crippen LogP contribution in [0.3, 0.4) is 0 Å². The number of anilines is 2. The van der Waals surface area contributed by atoms with E-state index in [1.165, 1.54) is 0 Å². The molecule has 0 saturated carbocycles. The first kappa shape index (κ1) is 24.5. The second-order valence-corrected chi connectivity index (χ2v) is 9.24. The summed E-state index contributed by atoms with van der Waals surface area (Å²) in [6.07, 6.45) is 0. The van der Waals surface area contributed by atoms with Crippen molar-refractivity contribution in [2.45, 2.75) is 26.4 Å². The quantitative estimate of drug-likeness (QED) is 0.241. The summed E-state index contributed by atoms with van der Waals surface area (Å²) in [5, 5.41) is 13.3. The van der Waals surface area contributed by atoms with E-state index in [-0.39, 0.29) is 17.1 Å². The number of nitrogens with two attached hydrogens (primary N) is 1. The van der Waals surface area contributed by atoms with E-state index in [0.29, 0.717) is 33.6 Å². The molecule has 0 bridgehead atoms. The van der Waals surface area contributed by atoms with Crippen LogP contribution in [-0.2, 0) is 4.74 Å². The summed E-state index contributed by atoms with van der Waals surface area (Å²) in [6, 6.07) is 24.0. The summed E-state index contributed by atoms with van der Waals surface area (Å²) in [5.41, 5.74) is 8.12. The molecule has 36 heavy (non-hydrogen) atoms. The fourth-order valence-corrected chi connectivity index (χ4v) is 3.70. The van der Waals surface area contributed by atoms with Gasteiger partial charge in [0.15, 0.2) is 0 Å². The standard InChI is InChI=1S/C29H27N3O4/c1-29(2,3)36-28(35)25-22(19-12-9-13-20(30)16-19)17-23(21-14-7-8-15-24(21)33)31-26(25)32-27(34)18-10-5-4-6-11-18/h4-17,33H,30H2,1-3H3,(H,31,32,34). The highest BCUT2D eigenvalue weighted by Crippen LogP contribution is 2.37. The molecule has 0 fully saturated rings. The summed E-state index contributed by atoms with van der Waals surface area (Å²) in [5.74, 6) is -1.08. The number of aromatic nitrogens is 1. The smallest absolute Gasteiger partial charge is 0.343 e. The number of aromatic hydroxyl groups is 1. The lowest BCUT2D eigenvalue weighted by Crippen LogP contribution is -2.26. The van der Waals surface area contributed by atoms with Crippen LogP contribution in [0.2, 0.25) is 0 Å². The van der Waals surface area contributed by atoms with Gasteiger partial charge in [-0.3, -0.25) is 4.79 Å². The Morgan fingerprint density at radius 3 is 2.25 bits per heavy atom. The van der Waals surface area contributed by atoms with Crippen molar-refractivity contribution >= 4 is 23.4 Å². The summed E-state index contributed by atoms with van der Waals surface area (Å²) < 4.78 is 5.70. The summed E-state index contributed by atoms with van der Waals surface area (Å²) in [7, 11) is 0. The number of hydrogen-bond donors (Lipinski definition) is 3. The van der Waals surface area contributed by atoms with E-state index in [9.17, 15) is 14.7 Å². The summed E-state index contributed by atoms with van der Waals surface area (Å²) >= 11 is 0. The first-order valence-corrected chi connectivity index (χ1v) is 11.4. The molecule has 0 unspecified atom stereocenters. The number of pyridine rings is 1. The molecule has 1 amide bonds. The Labute approximate surface area is 209 Å².